The number of nitrogens with zero attached hydrogens (tertiary/aromatic N) is 1. The van der Waals surface area contributed by atoms with Crippen molar-refractivity contribution in [2.45, 2.75) is 52.5 Å². The van der Waals surface area contributed by atoms with E-state index in [1.165, 1.54) is 19.3 Å². The summed E-state index contributed by atoms with van der Waals surface area (Å²) in [6.07, 6.45) is 3.84. The predicted octanol–water partition coefficient (Wildman–Crippen LogP) is 2.50. The van der Waals surface area contributed by atoms with Crippen LogP contribution < -0.4 is 5.73 Å². The Kier molecular flexibility index (Phi) is 5.63. The van der Waals surface area contributed by atoms with Crippen LogP contribution in [0.15, 0.2) is 0 Å². The molecule has 0 aliphatic carbocycles. The molecule has 18 heavy (non-hydrogen) atoms. The van der Waals surface area contributed by atoms with Gasteiger partial charge in [0.1, 0.15) is 0 Å². The summed E-state index contributed by atoms with van der Waals surface area (Å²) >= 11 is 0. The second kappa shape index (κ2) is 6.36. The highest BCUT2D eigenvalue weighted by Gasteiger charge is 2.42. The number of methoxy groups -OCH3 is 1. The van der Waals surface area contributed by atoms with Crippen molar-refractivity contribution in [3.05, 3.63) is 0 Å². The molecule has 0 saturated carbocycles. The van der Waals surface area contributed by atoms with Crippen molar-refractivity contribution in [2.75, 3.05) is 33.4 Å². The quantitative estimate of drug-likeness (QED) is 0.793. The summed E-state index contributed by atoms with van der Waals surface area (Å²) in [6, 6.07) is 0. The molecule has 0 spiro atoms. The van der Waals surface area contributed by atoms with Crippen LogP contribution in [0.3, 0.4) is 0 Å². The first kappa shape index (κ1) is 15.9. The zero-order valence-corrected chi connectivity index (χ0v) is 13.0. The number of likely N-dealkylation sites (tertiary alicyclic amines) is 1. The summed E-state index contributed by atoms with van der Waals surface area (Å²) < 4.78 is 5.47. The van der Waals surface area contributed by atoms with Crippen molar-refractivity contribution in [1.29, 1.82) is 0 Å². The maximum atomic E-state index is 6.10. The SMILES string of the molecule is CCC1(C)CCN(C(CN)(COC)C(C)C)CC1. The second-order valence-corrected chi connectivity index (χ2v) is 6.55. The van der Waals surface area contributed by atoms with Crippen LogP contribution in [0.1, 0.15) is 47.0 Å². The van der Waals surface area contributed by atoms with Gasteiger partial charge in [0.15, 0.2) is 0 Å². The van der Waals surface area contributed by atoms with Crippen LogP contribution in [0.4, 0.5) is 0 Å². The van der Waals surface area contributed by atoms with Crippen molar-refractivity contribution in [3.63, 3.8) is 0 Å². The van der Waals surface area contributed by atoms with E-state index < -0.39 is 0 Å². The highest BCUT2D eigenvalue weighted by molar-refractivity contribution is 4.97. The first-order valence-electron chi connectivity index (χ1n) is 7.38. The summed E-state index contributed by atoms with van der Waals surface area (Å²) in [5.41, 5.74) is 6.65. The van der Waals surface area contributed by atoms with E-state index in [2.05, 4.69) is 32.6 Å². The monoisotopic (exact) mass is 256 g/mol. The molecule has 1 aliphatic rings. The molecule has 1 heterocycles. The molecule has 3 heteroatoms. The van der Waals surface area contributed by atoms with Crippen molar-refractivity contribution in [2.24, 2.45) is 17.1 Å². The molecule has 0 bridgehead atoms. The standard InChI is InChI=1S/C15H32N2O/c1-6-14(4)7-9-17(10-8-14)15(11-16,12-18-5)13(2)3/h13H,6-12,16H2,1-5H3. The fraction of sp³-hybridized carbons (Fsp3) is 1.00. The first-order valence-corrected chi connectivity index (χ1v) is 7.38. The highest BCUT2D eigenvalue weighted by atomic mass is 16.5. The van der Waals surface area contributed by atoms with E-state index in [4.69, 9.17) is 10.5 Å². The molecular formula is C15H32N2O. The van der Waals surface area contributed by atoms with Crippen LogP contribution in [0.5, 0.6) is 0 Å². The summed E-state index contributed by atoms with van der Waals surface area (Å²) in [5.74, 6) is 0.522. The topological polar surface area (TPSA) is 38.5 Å². The zero-order chi connectivity index (χ0) is 13.8. The minimum atomic E-state index is 0.0177. The smallest absolute Gasteiger partial charge is 0.0661 e. The summed E-state index contributed by atoms with van der Waals surface area (Å²) in [4.78, 5) is 2.58. The molecule has 108 valence electrons. The van der Waals surface area contributed by atoms with Gasteiger partial charge in [0.2, 0.25) is 0 Å². The van der Waals surface area contributed by atoms with Gasteiger partial charge in [0, 0.05) is 13.7 Å². The molecule has 0 aromatic heterocycles. The van der Waals surface area contributed by atoms with Crippen molar-refractivity contribution in [3.8, 4) is 0 Å². The Hall–Kier alpha value is -0.120. The van der Waals surface area contributed by atoms with E-state index in [0.29, 0.717) is 17.9 Å². The number of nitrogens with two attached hydrogens (primary N) is 1. The number of rotatable bonds is 6. The lowest BCUT2D eigenvalue weighted by Crippen LogP contribution is -2.62. The fourth-order valence-electron chi connectivity index (χ4n) is 3.14. The molecule has 1 rings (SSSR count). The lowest BCUT2D eigenvalue weighted by atomic mass is 9.75. The summed E-state index contributed by atoms with van der Waals surface area (Å²) in [5, 5.41) is 0. The van der Waals surface area contributed by atoms with E-state index in [-0.39, 0.29) is 5.54 Å². The second-order valence-electron chi connectivity index (χ2n) is 6.55. The lowest BCUT2D eigenvalue weighted by molar-refractivity contribution is -0.0457. The van der Waals surface area contributed by atoms with Crippen molar-refractivity contribution < 1.29 is 4.74 Å². The number of piperidine rings is 1. The lowest BCUT2D eigenvalue weighted by Gasteiger charge is -2.51. The van der Waals surface area contributed by atoms with Gasteiger partial charge in [-0.05, 0) is 37.3 Å². The molecule has 2 N–H and O–H groups in total. The molecule has 0 aromatic rings. The largest absolute Gasteiger partial charge is 0.383 e. The molecular weight excluding hydrogens is 224 g/mol. The molecule has 3 nitrogen and oxygen atoms in total. The normalized spacial score (nSPS) is 24.2. The highest BCUT2D eigenvalue weighted by Crippen LogP contribution is 2.37. The minimum Gasteiger partial charge on any atom is -0.383 e. The predicted molar refractivity (Wildman–Crippen MR) is 77.7 cm³/mol. The van der Waals surface area contributed by atoms with Crippen LogP contribution in [0.25, 0.3) is 0 Å². The van der Waals surface area contributed by atoms with Crippen LogP contribution in [0, 0.1) is 11.3 Å². The van der Waals surface area contributed by atoms with Crippen LogP contribution in [-0.2, 0) is 4.74 Å². The van der Waals surface area contributed by atoms with Gasteiger partial charge in [0.25, 0.3) is 0 Å². The van der Waals surface area contributed by atoms with Gasteiger partial charge >= 0.3 is 0 Å². The molecule has 0 amide bonds. The first-order chi connectivity index (χ1) is 8.44. The Bertz CT molecular complexity index is 247. The third-order valence-corrected chi connectivity index (χ3v) is 5.28. The summed E-state index contributed by atoms with van der Waals surface area (Å²) in [7, 11) is 1.78. The molecule has 1 unspecified atom stereocenters. The van der Waals surface area contributed by atoms with Crippen LogP contribution >= 0.6 is 0 Å². The van der Waals surface area contributed by atoms with Gasteiger partial charge in [-0.3, -0.25) is 4.90 Å². The number of ether oxygens (including phenoxy) is 1. The molecule has 0 radical (unpaired) electrons. The van der Waals surface area contributed by atoms with E-state index in [9.17, 15) is 0 Å². The molecule has 1 fully saturated rings. The third kappa shape index (κ3) is 3.06. The van der Waals surface area contributed by atoms with Crippen molar-refractivity contribution >= 4 is 0 Å². The average molecular weight is 256 g/mol. The van der Waals surface area contributed by atoms with E-state index >= 15 is 0 Å². The third-order valence-electron chi connectivity index (χ3n) is 5.28. The van der Waals surface area contributed by atoms with E-state index in [1.54, 1.807) is 7.11 Å². The average Bonchev–Trinajstić information content (AvgIpc) is 2.37. The van der Waals surface area contributed by atoms with Gasteiger partial charge < -0.3 is 10.5 Å². The Morgan fingerprint density at radius 3 is 2.22 bits per heavy atom. The van der Waals surface area contributed by atoms with E-state index in [0.717, 1.165) is 19.7 Å². The number of hydrogen-bond donors (Lipinski definition) is 1. The van der Waals surface area contributed by atoms with Crippen LogP contribution in [0.2, 0.25) is 0 Å². The van der Waals surface area contributed by atoms with E-state index in [1.807, 2.05) is 0 Å². The Balaban J connectivity index is 2.77. The van der Waals surface area contributed by atoms with Crippen molar-refractivity contribution in [1.82, 2.24) is 4.90 Å². The zero-order valence-electron chi connectivity index (χ0n) is 13.0. The van der Waals surface area contributed by atoms with Gasteiger partial charge in [-0.1, -0.05) is 34.1 Å². The Morgan fingerprint density at radius 2 is 1.89 bits per heavy atom. The maximum absolute atomic E-state index is 6.10. The maximum Gasteiger partial charge on any atom is 0.0661 e. The van der Waals surface area contributed by atoms with Gasteiger partial charge in [0.05, 0.1) is 12.1 Å². The van der Waals surface area contributed by atoms with Gasteiger partial charge in [-0.2, -0.15) is 0 Å². The van der Waals surface area contributed by atoms with Crippen LogP contribution in [-0.4, -0.2) is 43.8 Å². The molecule has 1 saturated heterocycles. The fourth-order valence-corrected chi connectivity index (χ4v) is 3.14. The Morgan fingerprint density at radius 1 is 1.33 bits per heavy atom. The number of hydrogen-bond acceptors (Lipinski definition) is 3. The molecule has 0 aromatic carbocycles. The molecule has 1 atom stereocenters. The minimum absolute atomic E-state index is 0.0177. The van der Waals surface area contributed by atoms with Gasteiger partial charge in [-0.15, -0.1) is 0 Å². The van der Waals surface area contributed by atoms with Gasteiger partial charge in [-0.25, -0.2) is 0 Å². The summed E-state index contributed by atoms with van der Waals surface area (Å²) in [6.45, 7) is 13.0. The Labute approximate surface area is 113 Å². The molecule has 1 aliphatic heterocycles.